The zero-order valence-corrected chi connectivity index (χ0v) is 16.8. The van der Waals surface area contributed by atoms with Gasteiger partial charge in [0, 0.05) is 0 Å². The minimum absolute atomic E-state index is 0. The van der Waals surface area contributed by atoms with Crippen LogP contribution in [0, 0.1) is 0 Å². The molecule has 1 N–H and O–H groups in total. The van der Waals surface area contributed by atoms with Crippen LogP contribution in [0.2, 0.25) is 0 Å². The minimum Gasteiger partial charge on any atom is -0.744 e. The molecule has 17 heavy (non-hydrogen) atoms. The molecule has 0 aliphatic heterocycles. The largest absolute Gasteiger partial charge is 1.00 e. The summed E-state index contributed by atoms with van der Waals surface area (Å²) >= 11 is 0. The molecule has 0 radical (unpaired) electrons. The summed E-state index contributed by atoms with van der Waals surface area (Å²) in [7, 11) is -9.69. The zero-order chi connectivity index (χ0) is 11.9. The number of hydrogen-bond acceptors (Lipinski definition) is 7. The number of aromatic hydroxyl groups is 1. The van der Waals surface area contributed by atoms with Gasteiger partial charge in [0.05, 0.1) is 9.79 Å². The van der Waals surface area contributed by atoms with E-state index in [0.29, 0.717) is 18.2 Å². The molecule has 0 saturated heterocycles. The van der Waals surface area contributed by atoms with Crippen LogP contribution in [-0.2, 0) is 20.2 Å². The Bertz CT molecular complexity index is 593. The summed E-state index contributed by atoms with van der Waals surface area (Å²) in [4.78, 5) is -1.79. The second-order valence-electron chi connectivity index (χ2n) is 2.54. The van der Waals surface area contributed by atoms with Gasteiger partial charge in [0.15, 0.2) is 0 Å². The topological polar surface area (TPSA) is 135 Å². The van der Waals surface area contributed by atoms with Gasteiger partial charge in [-0.3, -0.25) is 0 Å². The second-order valence-corrected chi connectivity index (χ2v) is 5.27. The number of phenols is 1. The molecule has 0 aliphatic rings. The fraction of sp³-hybridized carbons (Fsp3) is 0. The van der Waals surface area contributed by atoms with E-state index in [2.05, 4.69) is 0 Å². The molecule has 0 aliphatic carbocycles. The van der Waals surface area contributed by atoms with Gasteiger partial charge in [-0.1, -0.05) is 0 Å². The van der Waals surface area contributed by atoms with Gasteiger partial charge >= 0.3 is 103 Å². The third kappa shape index (κ3) is 6.40. The Morgan fingerprint density at radius 1 is 0.941 bits per heavy atom. The van der Waals surface area contributed by atoms with Gasteiger partial charge in [-0.25, -0.2) is 16.8 Å². The fourth-order valence-electron chi connectivity index (χ4n) is 0.864. The van der Waals surface area contributed by atoms with Crippen molar-refractivity contribution in [2.24, 2.45) is 0 Å². The maximum atomic E-state index is 10.5. The SMILES string of the molecule is O=S(=O)([O-])c1ccc(S(=O)(=O)[O-])c(O)c1.[K+].[K+]. The van der Waals surface area contributed by atoms with Gasteiger partial charge in [-0.2, -0.15) is 0 Å². The first-order valence-electron chi connectivity index (χ1n) is 3.37. The van der Waals surface area contributed by atoms with Crippen LogP contribution in [0.5, 0.6) is 5.75 Å². The molecule has 11 heteroatoms. The molecule has 0 spiro atoms. The molecular formula is C6H4K2O7S2. The molecule has 0 saturated carbocycles. The third-order valence-corrected chi connectivity index (χ3v) is 3.20. The summed E-state index contributed by atoms with van der Waals surface area (Å²) in [5.41, 5.74) is 0. The van der Waals surface area contributed by atoms with Crippen LogP contribution in [0.15, 0.2) is 28.0 Å². The number of phenolic OH excluding ortho intramolecular Hbond substituents is 1. The van der Waals surface area contributed by atoms with E-state index in [1.54, 1.807) is 0 Å². The first-order chi connectivity index (χ1) is 6.62. The zero-order valence-electron chi connectivity index (χ0n) is 8.95. The van der Waals surface area contributed by atoms with Gasteiger partial charge in [0.1, 0.15) is 26.0 Å². The molecular weight excluding hydrogens is 326 g/mol. The normalized spacial score (nSPS) is 11.2. The Balaban J connectivity index is 0. The monoisotopic (exact) mass is 330 g/mol. The fourth-order valence-corrected chi connectivity index (χ4v) is 1.90. The van der Waals surface area contributed by atoms with Crippen molar-refractivity contribution >= 4 is 20.2 Å². The Hall–Kier alpha value is 2.11. The third-order valence-electron chi connectivity index (χ3n) is 1.49. The van der Waals surface area contributed by atoms with Crippen LogP contribution >= 0.6 is 0 Å². The smallest absolute Gasteiger partial charge is 0.744 e. The Labute approximate surface area is 183 Å². The first-order valence-corrected chi connectivity index (χ1v) is 6.19. The molecule has 1 rings (SSSR count). The van der Waals surface area contributed by atoms with Crippen molar-refractivity contribution in [1.29, 1.82) is 0 Å². The van der Waals surface area contributed by atoms with Crippen molar-refractivity contribution < 1.29 is 134 Å². The minimum atomic E-state index is -4.89. The number of hydrogen-bond donors (Lipinski definition) is 1. The Morgan fingerprint density at radius 3 is 1.71 bits per heavy atom. The van der Waals surface area contributed by atoms with E-state index in [1.165, 1.54) is 0 Å². The molecule has 84 valence electrons. The molecule has 0 amide bonds. The van der Waals surface area contributed by atoms with Crippen LogP contribution in [0.1, 0.15) is 0 Å². The summed E-state index contributed by atoms with van der Waals surface area (Å²) in [6, 6.07) is 1.60. The number of rotatable bonds is 2. The van der Waals surface area contributed by atoms with Gasteiger partial charge in [-0.15, -0.1) is 0 Å². The summed E-state index contributed by atoms with van der Waals surface area (Å²) in [5, 5.41) is 9.01. The summed E-state index contributed by atoms with van der Waals surface area (Å²) in [6.07, 6.45) is 0. The first kappa shape index (κ1) is 21.4. The van der Waals surface area contributed by atoms with Crippen LogP contribution in [0.4, 0.5) is 0 Å². The van der Waals surface area contributed by atoms with E-state index < -0.39 is 35.8 Å². The van der Waals surface area contributed by atoms with Gasteiger partial charge in [-0.05, 0) is 18.2 Å². The van der Waals surface area contributed by atoms with E-state index in [1.807, 2.05) is 0 Å². The van der Waals surface area contributed by atoms with Crippen molar-refractivity contribution in [3.63, 3.8) is 0 Å². The Kier molecular flexibility index (Phi) is 9.80. The van der Waals surface area contributed by atoms with Crippen LogP contribution < -0.4 is 103 Å². The van der Waals surface area contributed by atoms with Crippen LogP contribution in [0.25, 0.3) is 0 Å². The van der Waals surface area contributed by atoms with Crippen molar-refractivity contribution in [2.75, 3.05) is 0 Å². The van der Waals surface area contributed by atoms with E-state index in [-0.39, 0.29) is 103 Å². The molecule has 0 bridgehead atoms. The van der Waals surface area contributed by atoms with Gasteiger partial charge < -0.3 is 14.2 Å². The Morgan fingerprint density at radius 2 is 1.41 bits per heavy atom. The van der Waals surface area contributed by atoms with Crippen molar-refractivity contribution in [1.82, 2.24) is 0 Å². The number of benzene rings is 1. The maximum Gasteiger partial charge on any atom is 1.00 e. The van der Waals surface area contributed by atoms with Gasteiger partial charge in [0.25, 0.3) is 0 Å². The van der Waals surface area contributed by atoms with Crippen molar-refractivity contribution in [2.45, 2.75) is 9.79 Å². The second kappa shape index (κ2) is 7.78. The molecule has 0 atom stereocenters. The van der Waals surface area contributed by atoms with Crippen molar-refractivity contribution in [3.8, 4) is 5.75 Å². The average molecular weight is 330 g/mol. The molecule has 1 aromatic rings. The molecule has 0 fully saturated rings. The van der Waals surface area contributed by atoms with Crippen molar-refractivity contribution in [3.05, 3.63) is 18.2 Å². The summed E-state index contributed by atoms with van der Waals surface area (Å²) in [6.45, 7) is 0. The van der Waals surface area contributed by atoms with Crippen LogP contribution in [0.3, 0.4) is 0 Å². The summed E-state index contributed by atoms with van der Waals surface area (Å²) in [5.74, 6) is -1.07. The summed E-state index contributed by atoms with van der Waals surface area (Å²) < 4.78 is 62.8. The maximum absolute atomic E-state index is 10.5. The predicted octanol–water partition coefficient (Wildman–Crippen LogP) is -6.79. The van der Waals surface area contributed by atoms with E-state index in [0.717, 1.165) is 0 Å². The average Bonchev–Trinajstić information content (AvgIpc) is 1.99. The molecule has 7 nitrogen and oxygen atoms in total. The molecule has 0 aromatic heterocycles. The van der Waals surface area contributed by atoms with E-state index >= 15 is 0 Å². The quantitative estimate of drug-likeness (QED) is 0.420. The van der Waals surface area contributed by atoms with Crippen LogP contribution in [-0.4, -0.2) is 31.0 Å². The van der Waals surface area contributed by atoms with E-state index in [4.69, 9.17) is 5.11 Å². The predicted molar refractivity (Wildman–Crippen MR) is 44.0 cm³/mol. The standard InChI is InChI=1S/C6H6O7S2.2K/c7-5-3-4(14(8,9)10)1-2-6(5)15(11,12)13;;/h1-3,7H,(H,8,9,10)(H,11,12,13);;/q;2*+1/p-2. The van der Waals surface area contributed by atoms with Gasteiger partial charge in [0.2, 0.25) is 0 Å². The molecule has 0 unspecified atom stereocenters. The van der Waals surface area contributed by atoms with E-state index in [9.17, 15) is 25.9 Å². The molecule has 1 aromatic carbocycles. The molecule has 0 heterocycles.